The first kappa shape index (κ1) is 17.7. The third kappa shape index (κ3) is 9.63. The fourth-order valence-corrected chi connectivity index (χ4v) is 0. The van der Waals surface area contributed by atoms with Crippen molar-refractivity contribution in [3.63, 3.8) is 0 Å². The number of hydrogen-bond acceptors (Lipinski definition) is 2. The van der Waals surface area contributed by atoms with Crippen LogP contribution in [-0.2, 0) is 19.8 Å². The molecule has 0 fully saturated rings. The molecule has 0 aliphatic carbocycles. The molecule has 4 heteroatoms. The SMILES string of the molecule is [CaH+].[OH-].[O]=[Fe]. The molecule has 0 spiro atoms. The Hall–Kier alpha value is 1.54. The molecule has 0 aromatic carbocycles. The Kier molecular flexibility index (Phi) is 106. The minimum absolute atomic E-state index is 0. The van der Waals surface area contributed by atoms with E-state index in [1.807, 2.05) is 15.9 Å². The Morgan fingerprint density at radius 2 is 1.25 bits per heavy atom. The predicted molar refractivity (Wildman–Crippen MR) is 9.77 cm³/mol. The van der Waals surface area contributed by atoms with E-state index in [4.69, 9.17) is 3.83 Å². The Morgan fingerprint density at radius 1 is 1.25 bits per heavy atom. The van der Waals surface area contributed by atoms with Crippen LogP contribution in [0, 0.1) is 0 Å². The monoisotopic (exact) mass is 130 g/mol. The quantitative estimate of drug-likeness (QED) is 0.397. The van der Waals surface area contributed by atoms with Gasteiger partial charge in [-0.25, -0.2) is 0 Å². The zero-order valence-corrected chi connectivity index (χ0v) is 6.44. The molecule has 0 radical (unpaired) electrons. The third-order valence-corrected chi connectivity index (χ3v) is 0. The molecule has 0 atom stereocenters. The van der Waals surface area contributed by atoms with Gasteiger partial charge in [-0.2, -0.15) is 0 Å². The Labute approximate surface area is 62.3 Å². The fourth-order valence-electron chi connectivity index (χ4n) is 0. The fraction of sp³-hybridized carbons (Fsp3) is 0. The summed E-state index contributed by atoms with van der Waals surface area (Å²) >= 11 is 2.00. The standard InChI is InChI=1S/Ca.Fe.H2O.O.H/h;;1H2;;/q+1;;;;/p-1. The van der Waals surface area contributed by atoms with Crippen LogP contribution in [0.3, 0.4) is 0 Å². The molecule has 0 aromatic heterocycles. The van der Waals surface area contributed by atoms with Crippen LogP contribution in [0.1, 0.15) is 0 Å². The molecule has 4 heavy (non-hydrogen) atoms. The molecule has 0 aliphatic heterocycles. The van der Waals surface area contributed by atoms with Gasteiger partial charge in [0.2, 0.25) is 0 Å². The third-order valence-electron chi connectivity index (χ3n) is 0. The molecular weight excluding hydrogens is 128 g/mol. The van der Waals surface area contributed by atoms with Gasteiger partial charge < -0.3 is 5.48 Å². The summed E-state index contributed by atoms with van der Waals surface area (Å²) in [5.74, 6) is 0. The van der Waals surface area contributed by atoms with Gasteiger partial charge in [0, 0.05) is 0 Å². The van der Waals surface area contributed by atoms with E-state index in [9.17, 15) is 0 Å². The summed E-state index contributed by atoms with van der Waals surface area (Å²) in [7, 11) is 0. The molecule has 1 N–H and O–H groups in total. The predicted octanol–water partition coefficient (Wildman–Crippen LogP) is -0.947. The van der Waals surface area contributed by atoms with Gasteiger partial charge in [-0.3, -0.25) is 0 Å². The summed E-state index contributed by atoms with van der Waals surface area (Å²) in [6.45, 7) is 0. The molecule has 24 valence electrons. The van der Waals surface area contributed by atoms with Crippen molar-refractivity contribution >= 4 is 37.7 Å². The van der Waals surface area contributed by atoms with Crippen molar-refractivity contribution in [2.75, 3.05) is 0 Å². The summed E-state index contributed by atoms with van der Waals surface area (Å²) in [4.78, 5) is 0. The van der Waals surface area contributed by atoms with E-state index < -0.39 is 0 Å². The molecule has 0 aliphatic rings. The average molecular weight is 130 g/mol. The van der Waals surface area contributed by atoms with Crippen LogP contribution in [-0.4, -0.2) is 43.2 Å². The first-order chi connectivity index (χ1) is 1.00. The zero-order chi connectivity index (χ0) is 2.00. The number of hydrogen-bond donors (Lipinski definition) is 0. The molecule has 2 nitrogen and oxygen atoms in total. The average Bonchev–Trinajstić information content (AvgIpc) is 1.00. The van der Waals surface area contributed by atoms with Crippen molar-refractivity contribution in [3.8, 4) is 0 Å². The van der Waals surface area contributed by atoms with E-state index in [0.29, 0.717) is 0 Å². The molecule has 0 saturated carbocycles. The second-order valence-electron chi connectivity index (χ2n) is 0. The van der Waals surface area contributed by atoms with Gasteiger partial charge >= 0.3 is 57.5 Å². The second kappa shape index (κ2) is 24.0. The van der Waals surface area contributed by atoms with E-state index in [-0.39, 0.29) is 43.2 Å². The zero-order valence-electron chi connectivity index (χ0n) is 2.21. The van der Waals surface area contributed by atoms with Gasteiger partial charge in [0.05, 0.1) is 0 Å². The van der Waals surface area contributed by atoms with Crippen molar-refractivity contribution in [1.29, 1.82) is 0 Å². The van der Waals surface area contributed by atoms with Crippen LogP contribution >= 0.6 is 0 Å². The molecule has 0 aromatic rings. The van der Waals surface area contributed by atoms with E-state index >= 15 is 0 Å². The van der Waals surface area contributed by atoms with Crippen molar-refractivity contribution in [3.05, 3.63) is 0 Å². The Balaban J connectivity index is -0.00000000500. The van der Waals surface area contributed by atoms with Crippen LogP contribution in [0.15, 0.2) is 0 Å². The topological polar surface area (TPSA) is 47.1 Å². The second-order valence-corrected chi connectivity index (χ2v) is 0. The van der Waals surface area contributed by atoms with Gasteiger partial charge in [-0.05, 0) is 0 Å². The van der Waals surface area contributed by atoms with Gasteiger partial charge in [-0.15, -0.1) is 0 Å². The molecule has 0 heterocycles. The normalized spacial score (nSPS) is 1.25. The maximum absolute atomic E-state index is 8.00. The van der Waals surface area contributed by atoms with E-state index in [0.717, 1.165) is 0 Å². The molecule has 0 bridgehead atoms. The minimum atomic E-state index is 0. The summed E-state index contributed by atoms with van der Waals surface area (Å²) in [5.41, 5.74) is 0. The van der Waals surface area contributed by atoms with Crippen LogP contribution in [0.5, 0.6) is 0 Å². The summed E-state index contributed by atoms with van der Waals surface area (Å²) in [6.07, 6.45) is 0. The van der Waals surface area contributed by atoms with Crippen LogP contribution < -0.4 is 0 Å². The first-order valence-electron chi connectivity index (χ1n) is 0.144. The summed E-state index contributed by atoms with van der Waals surface area (Å²) in [5, 5.41) is 0. The van der Waals surface area contributed by atoms with Crippen molar-refractivity contribution in [2.45, 2.75) is 0 Å². The summed E-state index contributed by atoms with van der Waals surface area (Å²) in [6, 6.07) is 0. The van der Waals surface area contributed by atoms with Crippen LogP contribution in [0.2, 0.25) is 0 Å². The van der Waals surface area contributed by atoms with Crippen LogP contribution in [0.25, 0.3) is 0 Å². The van der Waals surface area contributed by atoms with E-state index in [1.54, 1.807) is 0 Å². The van der Waals surface area contributed by atoms with Gasteiger partial charge in [0.1, 0.15) is 0 Å². The van der Waals surface area contributed by atoms with Gasteiger partial charge in [-0.1, -0.05) is 0 Å². The molecule has 0 amide bonds. The summed E-state index contributed by atoms with van der Waals surface area (Å²) < 4.78 is 8.00. The molecule has 0 saturated heterocycles. The van der Waals surface area contributed by atoms with Crippen molar-refractivity contribution in [2.24, 2.45) is 0 Å². The molecule has 0 unspecified atom stereocenters. The number of rotatable bonds is 0. The van der Waals surface area contributed by atoms with E-state index in [2.05, 4.69) is 0 Å². The van der Waals surface area contributed by atoms with Crippen molar-refractivity contribution < 1.29 is 25.3 Å². The first-order valence-corrected chi connectivity index (χ1v) is 0.595. The maximum atomic E-state index is 8.00. The van der Waals surface area contributed by atoms with E-state index in [1.165, 1.54) is 0 Å². The van der Waals surface area contributed by atoms with Crippen molar-refractivity contribution in [1.82, 2.24) is 0 Å². The van der Waals surface area contributed by atoms with Gasteiger partial charge in [0.25, 0.3) is 0 Å². The molecule has 0 rings (SSSR count). The Bertz CT molecular complexity index is 6.00. The van der Waals surface area contributed by atoms with Gasteiger partial charge in [0.15, 0.2) is 0 Å². The van der Waals surface area contributed by atoms with Crippen LogP contribution in [0.4, 0.5) is 0 Å². The molecular formula is H2CaFeO2. The Morgan fingerprint density at radius 3 is 1.25 bits per heavy atom.